The number of ether oxygens (including phenoxy) is 2. The van der Waals surface area contributed by atoms with Gasteiger partial charge in [-0.1, -0.05) is 140 Å². The third-order valence-corrected chi connectivity index (χ3v) is 7.55. The number of carbonyl (C=O) groups excluding carboxylic acids is 2. The molecule has 260 valence electrons. The van der Waals surface area contributed by atoms with Crippen molar-refractivity contribution in [2.45, 2.75) is 168 Å². The zero-order chi connectivity index (χ0) is 33.2. The van der Waals surface area contributed by atoms with E-state index in [0.29, 0.717) is 19.3 Å². The van der Waals surface area contributed by atoms with E-state index in [2.05, 4.69) is 69.4 Å². The van der Waals surface area contributed by atoms with E-state index in [1.165, 1.54) is 51.4 Å². The average molecular weight is 633 g/mol. The summed E-state index contributed by atoms with van der Waals surface area (Å²) in [4.78, 5) is 23.8. The summed E-state index contributed by atoms with van der Waals surface area (Å²) in [5, 5.41) is 19.6. The number of allylic oxidation sites excluding steroid dienone is 7. The summed E-state index contributed by atoms with van der Waals surface area (Å²) in [7, 11) is 0. The number of unbranched alkanes of at least 4 members (excludes halogenated alkanes) is 10. The van der Waals surface area contributed by atoms with Gasteiger partial charge in [-0.3, -0.25) is 9.59 Å². The standard InChI is InChI=1S/C39H68O6/c1-4-28-36(40)30-25-21-17-13-8-6-5-7-9-14-18-22-26-31-38(42)44-33-37(41)34-45-39(43)32-27-23-19-15-11-10-12-16-20-24-29-35(2)3/h5,7-8,13-14,18,21,25,35-37,40-41H,4,6,9-12,15-17,19-20,22-24,26-34H2,1-3H3/b7-5-,13-8-,18-14-,25-21-/t36?,37-/m1/s1. The van der Waals surface area contributed by atoms with Crippen molar-refractivity contribution < 1.29 is 29.3 Å². The smallest absolute Gasteiger partial charge is 0.305 e. The summed E-state index contributed by atoms with van der Waals surface area (Å²) < 4.78 is 10.2. The van der Waals surface area contributed by atoms with Gasteiger partial charge in [0.1, 0.15) is 19.3 Å². The summed E-state index contributed by atoms with van der Waals surface area (Å²) in [5.41, 5.74) is 0. The van der Waals surface area contributed by atoms with Gasteiger partial charge in [-0.2, -0.15) is 0 Å². The Hall–Kier alpha value is -2.18. The molecular formula is C39H68O6. The summed E-state index contributed by atoms with van der Waals surface area (Å²) in [6.45, 7) is 6.36. The Balaban J connectivity index is 3.59. The van der Waals surface area contributed by atoms with Gasteiger partial charge in [0.25, 0.3) is 0 Å². The average Bonchev–Trinajstić information content (AvgIpc) is 3.01. The Morgan fingerprint density at radius 1 is 0.556 bits per heavy atom. The highest BCUT2D eigenvalue weighted by Gasteiger charge is 2.12. The molecular weight excluding hydrogens is 564 g/mol. The Labute approximate surface area is 276 Å². The predicted molar refractivity (Wildman–Crippen MR) is 188 cm³/mol. The fraction of sp³-hybridized carbons (Fsp3) is 0.744. The van der Waals surface area contributed by atoms with Crippen LogP contribution in [0.4, 0.5) is 0 Å². The maximum Gasteiger partial charge on any atom is 0.305 e. The number of carbonyl (C=O) groups is 2. The first-order chi connectivity index (χ1) is 21.8. The van der Waals surface area contributed by atoms with Gasteiger partial charge in [0.05, 0.1) is 6.10 Å². The van der Waals surface area contributed by atoms with E-state index in [1.54, 1.807) is 0 Å². The van der Waals surface area contributed by atoms with E-state index in [4.69, 9.17) is 9.47 Å². The zero-order valence-electron chi connectivity index (χ0n) is 29.1. The molecule has 6 heteroatoms. The second kappa shape index (κ2) is 33.2. The normalized spacial score (nSPS) is 13.6. The maximum absolute atomic E-state index is 11.9. The number of hydrogen-bond acceptors (Lipinski definition) is 6. The molecule has 0 aromatic rings. The minimum atomic E-state index is -0.995. The Morgan fingerprint density at radius 2 is 1.00 bits per heavy atom. The van der Waals surface area contributed by atoms with Crippen LogP contribution in [0.3, 0.4) is 0 Å². The van der Waals surface area contributed by atoms with Crippen molar-refractivity contribution >= 4 is 11.9 Å². The van der Waals surface area contributed by atoms with Gasteiger partial charge in [-0.05, 0) is 57.3 Å². The van der Waals surface area contributed by atoms with Gasteiger partial charge in [-0.15, -0.1) is 0 Å². The van der Waals surface area contributed by atoms with Crippen molar-refractivity contribution in [2.75, 3.05) is 13.2 Å². The summed E-state index contributed by atoms with van der Waals surface area (Å²) >= 11 is 0. The molecule has 0 aliphatic rings. The van der Waals surface area contributed by atoms with Crippen molar-refractivity contribution in [3.05, 3.63) is 48.6 Å². The Bertz CT molecular complexity index is 797. The highest BCUT2D eigenvalue weighted by atomic mass is 16.6. The molecule has 0 saturated heterocycles. The van der Waals surface area contributed by atoms with Crippen molar-refractivity contribution in [2.24, 2.45) is 5.92 Å². The Morgan fingerprint density at radius 3 is 1.51 bits per heavy atom. The van der Waals surface area contributed by atoms with Gasteiger partial charge in [0.2, 0.25) is 0 Å². The van der Waals surface area contributed by atoms with E-state index < -0.39 is 6.10 Å². The Kier molecular flexibility index (Phi) is 31.6. The second-order valence-electron chi connectivity index (χ2n) is 12.7. The summed E-state index contributed by atoms with van der Waals surface area (Å²) in [6.07, 6.45) is 36.6. The molecule has 0 bridgehead atoms. The molecule has 0 spiro atoms. The third kappa shape index (κ3) is 34.5. The lowest BCUT2D eigenvalue weighted by atomic mass is 10.0. The van der Waals surface area contributed by atoms with Crippen LogP contribution in [-0.2, 0) is 19.1 Å². The van der Waals surface area contributed by atoms with Crippen LogP contribution in [-0.4, -0.2) is 47.6 Å². The van der Waals surface area contributed by atoms with Crippen LogP contribution in [0.15, 0.2) is 48.6 Å². The number of hydrogen-bond donors (Lipinski definition) is 2. The third-order valence-electron chi connectivity index (χ3n) is 7.55. The number of rotatable bonds is 31. The molecule has 0 fully saturated rings. The van der Waals surface area contributed by atoms with Crippen LogP contribution in [0.2, 0.25) is 0 Å². The van der Waals surface area contributed by atoms with Crippen LogP contribution < -0.4 is 0 Å². The van der Waals surface area contributed by atoms with Crippen molar-refractivity contribution in [1.29, 1.82) is 0 Å². The minimum Gasteiger partial charge on any atom is -0.463 e. The fourth-order valence-electron chi connectivity index (χ4n) is 4.81. The lowest BCUT2D eigenvalue weighted by Gasteiger charge is -2.12. The SMILES string of the molecule is CCCC(O)C/C=C\C/C=C\C/C=C\C/C=C\CCCC(=O)OC[C@@H](O)COC(=O)CCCCCCCCCCCCC(C)C. The van der Waals surface area contributed by atoms with Crippen LogP contribution in [0, 0.1) is 5.92 Å². The first-order valence-corrected chi connectivity index (χ1v) is 18.1. The molecule has 1 unspecified atom stereocenters. The lowest BCUT2D eigenvalue weighted by Crippen LogP contribution is -2.25. The molecule has 45 heavy (non-hydrogen) atoms. The monoisotopic (exact) mass is 633 g/mol. The highest BCUT2D eigenvalue weighted by Crippen LogP contribution is 2.14. The van der Waals surface area contributed by atoms with Crippen molar-refractivity contribution in [3.8, 4) is 0 Å². The molecule has 0 heterocycles. The number of aliphatic hydroxyl groups excluding tert-OH is 2. The van der Waals surface area contributed by atoms with E-state index in [0.717, 1.165) is 70.1 Å². The van der Waals surface area contributed by atoms with E-state index in [9.17, 15) is 19.8 Å². The molecule has 2 atom stereocenters. The van der Waals surface area contributed by atoms with Crippen molar-refractivity contribution in [3.63, 3.8) is 0 Å². The van der Waals surface area contributed by atoms with Gasteiger partial charge in [-0.25, -0.2) is 0 Å². The number of aliphatic hydroxyl groups is 2. The van der Waals surface area contributed by atoms with E-state index in [-0.39, 0.29) is 31.3 Å². The summed E-state index contributed by atoms with van der Waals surface area (Å²) in [6, 6.07) is 0. The first-order valence-electron chi connectivity index (χ1n) is 18.1. The largest absolute Gasteiger partial charge is 0.463 e. The van der Waals surface area contributed by atoms with Gasteiger partial charge in [0.15, 0.2) is 0 Å². The van der Waals surface area contributed by atoms with Crippen LogP contribution in [0.5, 0.6) is 0 Å². The van der Waals surface area contributed by atoms with Crippen LogP contribution in [0.1, 0.15) is 156 Å². The van der Waals surface area contributed by atoms with E-state index in [1.807, 2.05) is 0 Å². The minimum absolute atomic E-state index is 0.142. The lowest BCUT2D eigenvalue weighted by molar-refractivity contribution is -0.152. The molecule has 0 aliphatic carbocycles. The van der Waals surface area contributed by atoms with E-state index >= 15 is 0 Å². The fourth-order valence-corrected chi connectivity index (χ4v) is 4.81. The molecule has 2 N–H and O–H groups in total. The number of esters is 2. The molecule has 6 nitrogen and oxygen atoms in total. The molecule has 0 aromatic heterocycles. The molecule has 0 rings (SSSR count). The molecule has 0 radical (unpaired) electrons. The topological polar surface area (TPSA) is 93.1 Å². The quantitative estimate of drug-likeness (QED) is 0.0449. The molecule has 0 amide bonds. The van der Waals surface area contributed by atoms with Crippen molar-refractivity contribution in [1.82, 2.24) is 0 Å². The zero-order valence-corrected chi connectivity index (χ0v) is 29.1. The first kappa shape index (κ1) is 42.8. The van der Waals surface area contributed by atoms with Gasteiger partial charge >= 0.3 is 11.9 Å². The second-order valence-corrected chi connectivity index (χ2v) is 12.7. The highest BCUT2D eigenvalue weighted by molar-refractivity contribution is 5.69. The molecule has 0 aromatic carbocycles. The van der Waals surface area contributed by atoms with Crippen LogP contribution in [0.25, 0.3) is 0 Å². The molecule has 0 saturated carbocycles. The molecule has 0 aliphatic heterocycles. The van der Waals surface area contributed by atoms with Crippen LogP contribution >= 0.6 is 0 Å². The predicted octanol–water partition coefficient (Wildman–Crippen LogP) is 9.89. The summed E-state index contributed by atoms with van der Waals surface area (Å²) in [5.74, 6) is 0.169. The van der Waals surface area contributed by atoms with Gasteiger partial charge in [0, 0.05) is 12.8 Å². The van der Waals surface area contributed by atoms with Gasteiger partial charge < -0.3 is 19.7 Å². The maximum atomic E-state index is 11.9.